The van der Waals surface area contributed by atoms with Gasteiger partial charge in [0.1, 0.15) is 11.9 Å². The average Bonchev–Trinajstić information content (AvgIpc) is 3.01. The predicted octanol–water partition coefficient (Wildman–Crippen LogP) is 3.02. The quantitative estimate of drug-likeness (QED) is 0.816. The molecule has 1 amide bonds. The molecule has 1 N–H and O–H groups in total. The molecule has 0 bridgehead atoms. The van der Waals surface area contributed by atoms with Crippen molar-refractivity contribution >= 4 is 34.2 Å². The summed E-state index contributed by atoms with van der Waals surface area (Å²) >= 11 is 3.52. The minimum Gasteiger partial charge on any atom is -0.336 e. The topological polar surface area (TPSA) is 50.2 Å². The number of aromatic nitrogens is 2. The number of carbonyl (C=O) groups excluding carboxylic acids is 1. The number of nitrogens with one attached hydrogen (secondary N) is 1. The van der Waals surface area contributed by atoms with E-state index in [0.717, 1.165) is 36.4 Å². The molecule has 0 saturated carbocycles. The van der Waals surface area contributed by atoms with Crippen molar-refractivity contribution in [3.05, 3.63) is 52.0 Å². The Morgan fingerprint density at radius 3 is 2.92 bits per heavy atom. The van der Waals surface area contributed by atoms with Crippen molar-refractivity contribution in [1.82, 2.24) is 19.8 Å². The van der Waals surface area contributed by atoms with Crippen LogP contribution in [0.15, 0.2) is 35.1 Å². The summed E-state index contributed by atoms with van der Waals surface area (Å²) in [5.41, 5.74) is 2.40. The number of carbonyl (C=O) groups is 1. The van der Waals surface area contributed by atoms with Gasteiger partial charge in [-0.25, -0.2) is 4.98 Å². The minimum atomic E-state index is 0. The summed E-state index contributed by atoms with van der Waals surface area (Å²) < 4.78 is 3.10. The third kappa shape index (κ3) is 4.63. The van der Waals surface area contributed by atoms with E-state index in [1.54, 1.807) is 6.20 Å². The summed E-state index contributed by atoms with van der Waals surface area (Å²) in [5.74, 6) is 1.14. The molecule has 136 valence electrons. The summed E-state index contributed by atoms with van der Waals surface area (Å²) in [6.45, 7) is 4.40. The van der Waals surface area contributed by atoms with Crippen LogP contribution in [0.3, 0.4) is 0 Å². The van der Waals surface area contributed by atoms with Crippen LogP contribution >= 0.6 is 28.3 Å². The molecule has 5 nitrogen and oxygen atoms in total. The van der Waals surface area contributed by atoms with Crippen LogP contribution in [-0.2, 0) is 18.3 Å². The zero-order valence-electron chi connectivity index (χ0n) is 14.5. The van der Waals surface area contributed by atoms with Gasteiger partial charge in [0.15, 0.2) is 0 Å². The lowest BCUT2D eigenvalue weighted by atomic mass is 10.1. The minimum absolute atomic E-state index is 0. The van der Waals surface area contributed by atoms with E-state index in [1.807, 2.05) is 22.7 Å². The molecule has 1 aliphatic heterocycles. The molecule has 1 aliphatic rings. The van der Waals surface area contributed by atoms with E-state index in [1.165, 1.54) is 11.1 Å². The number of hydrogen-bond acceptors (Lipinski definition) is 3. The fraction of sp³-hybridized carbons (Fsp3) is 0.444. The molecule has 1 unspecified atom stereocenters. The van der Waals surface area contributed by atoms with Gasteiger partial charge in [0.2, 0.25) is 5.91 Å². The van der Waals surface area contributed by atoms with Crippen LogP contribution in [0.25, 0.3) is 0 Å². The molecule has 0 radical (unpaired) electrons. The Kier molecular flexibility index (Phi) is 7.04. The standard InChI is InChI=1S/C18H23BrN4O.ClH/c1-13-11-14(3-5-15(13)19)4-6-17(24)23-10-7-20-12-16(23)18-21-8-9-22(18)2;/h3,5,8-9,11,16,20H,4,6-7,10,12H2,1-2H3;1H. The van der Waals surface area contributed by atoms with E-state index in [-0.39, 0.29) is 24.4 Å². The second-order valence-electron chi connectivity index (χ2n) is 6.29. The van der Waals surface area contributed by atoms with Crippen molar-refractivity contribution in [3.8, 4) is 0 Å². The lowest BCUT2D eigenvalue weighted by Crippen LogP contribution is -2.49. The number of piperazine rings is 1. The third-order valence-corrected chi connectivity index (χ3v) is 5.46. The maximum atomic E-state index is 12.8. The van der Waals surface area contributed by atoms with Crippen molar-refractivity contribution in [2.75, 3.05) is 19.6 Å². The molecule has 1 atom stereocenters. The van der Waals surface area contributed by atoms with Gasteiger partial charge >= 0.3 is 0 Å². The zero-order valence-corrected chi connectivity index (χ0v) is 16.9. The number of benzene rings is 1. The first-order valence-corrected chi connectivity index (χ1v) is 9.08. The first-order valence-electron chi connectivity index (χ1n) is 8.28. The Morgan fingerprint density at radius 2 is 2.24 bits per heavy atom. The predicted molar refractivity (Wildman–Crippen MR) is 105 cm³/mol. The highest BCUT2D eigenvalue weighted by molar-refractivity contribution is 9.10. The molecule has 7 heteroatoms. The van der Waals surface area contributed by atoms with Crippen molar-refractivity contribution in [2.24, 2.45) is 7.05 Å². The largest absolute Gasteiger partial charge is 0.336 e. The van der Waals surface area contributed by atoms with E-state index >= 15 is 0 Å². The van der Waals surface area contributed by atoms with Gasteiger partial charge in [-0.1, -0.05) is 28.1 Å². The third-order valence-electron chi connectivity index (χ3n) is 4.57. The Morgan fingerprint density at radius 1 is 1.44 bits per heavy atom. The average molecular weight is 428 g/mol. The van der Waals surface area contributed by atoms with Crippen molar-refractivity contribution in [3.63, 3.8) is 0 Å². The zero-order chi connectivity index (χ0) is 17.1. The van der Waals surface area contributed by atoms with Crippen LogP contribution in [0.5, 0.6) is 0 Å². The van der Waals surface area contributed by atoms with Crippen LogP contribution in [0.1, 0.15) is 29.4 Å². The summed E-state index contributed by atoms with van der Waals surface area (Å²) in [6, 6.07) is 6.29. The SMILES string of the molecule is Cc1cc(CCC(=O)N2CCNCC2c2nccn2C)ccc1Br.Cl. The normalized spacial score (nSPS) is 17.2. The van der Waals surface area contributed by atoms with Gasteiger partial charge in [-0.2, -0.15) is 0 Å². The molecular formula is C18H24BrClN4O. The van der Waals surface area contributed by atoms with Crippen LogP contribution in [-0.4, -0.2) is 40.0 Å². The molecule has 2 aromatic rings. The van der Waals surface area contributed by atoms with Gasteiger partial charge in [-0.05, 0) is 30.5 Å². The Bertz CT molecular complexity index is 734. The molecule has 1 saturated heterocycles. The molecule has 1 fully saturated rings. The fourth-order valence-electron chi connectivity index (χ4n) is 3.19. The van der Waals surface area contributed by atoms with E-state index in [0.29, 0.717) is 6.42 Å². The Hall–Kier alpha value is -1.37. The summed E-state index contributed by atoms with van der Waals surface area (Å²) in [4.78, 5) is 19.2. The van der Waals surface area contributed by atoms with E-state index in [2.05, 4.69) is 51.4 Å². The first-order chi connectivity index (χ1) is 11.6. The molecule has 0 spiro atoms. The maximum absolute atomic E-state index is 12.8. The number of amides is 1. The summed E-state index contributed by atoms with van der Waals surface area (Å²) in [7, 11) is 1.98. The van der Waals surface area contributed by atoms with Crippen LogP contribution < -0.4 is 5.32 Å². The van der Waals surface area contributed by atoms with E-state index < -0.39 is 0 Å². The molecule has 1 aromatic carbocycles. The smallest absolute Gasteiger partial charge is 0.223 e. The van der Waals surface area contributed by atoms with Crippen LogP contribution in [0.2, 0.25) is 0 Å². The molecule has 3 rings (SSSR count). The van der Waals surface area contributed by atoms with Gasteiger partial charge in [-0.15, -0.1) is 12.4 Å². The number of rotatable bonds is 4. The molecular weight excluding hydrogens is 404 g/mol. The summed E-state index contributed by atoms with van der Waals surface area (Å²) in [6.07, 6.45) is 5.01. The fourth-order valence-corrected chi connectivity index (χ4v) is 3.44. The lowest BCUT2D eigenvalue weighted by molar-refractivity contribution is -0.134. The number of nitrogens with zero attached hydrogens (tertiary/aromatic N) is 3. The van der Waals surface area contributed by atoms with Gasteiger partial charge in [0.25, 0.3) is 0 Å². The van der Waals surface area contributed by atoms with Gasteiger partial charge in [0, 0.05) is 50.0 Å². The first kappa shape index (κ1) is 19.9. The highest BCUT2D eigenvalue weighted by Crippen LogP contribution is 2.22. The number of halogens is 2. The number of aryl methyl sites for hydroxylation is 3. The molecule has 2 heterocycles. The maximum Gasteiger partial charge on any atom is 0.223 e. The van der Waals surface area contributed by atoms with E-state index in [9.17, 15) is 4.79 Å². The van der Waals surface area contributed by atoms with Crippen molar-refractivity contribution < 1.29 is 4.79 Å². The Labute approximate surface area is 163 Å². The monoisotopic (exact) mass is 426 g/mol. The van der Waals surface area contributed by atoms with Crippen molar-refractivity contribution in [1.29, 1.82) is 0 Å². The van der Waals surface area contributed by atoms with Crippen LogP contribution in [0.4, 0.5) is 0 Å². The Balaban J connectivity index is 0.00000225. The lowest BCUT2D eigenvalue weighted by Gasteiger charge is -2.35. The molecule has 0 aliphatic carbocycles. The molecule has 25 heavy (non-hydrogen) atoms. The number of imidazole rings is 1. The van der Waals surface area contributed by atoms with Gasteiger partial charge in [0.05, 0.1) is 0 Å². The number of hydrogen-bond donors (Lipinski definition) is 1. The van der Waals surface area contributed by atoms with Crippen molar-refractivity contribution in [2.45, 2.75) is 25.8 Å². The second-order valence-corrected chi connectivity index (χ2v) is 7.14. The highest BCUT2D eigenvalue weighted by atomic mass is 79.9. The molecule has 1 aromatic heterocycles. The highest BCUT2D eigenvalue weighted by Gasteiger charge is 2.29. The summed E-state index contributed by atoms with van der Waals surface area (Å²) in [5, 5.41) is 3.37. The second kappa shape index (κ2) is 8.83. The van der Waals surface area contributed by atoms with Crippen LogP contribution in [0, 0.1) is 6.92 Å². The van der Waals surface area contributed by atoms with E-state index in [4.69, 9.17) is 0 Å². The van der Waals surface area contributed by atoms with Gasteiger partial charge in [-0.3, -0.25) is 4.79 Å². The van der Waals surface area contributed by atoms with Gasteiger partial charge < -0.3 is 14.8 Å².